The van der Waals surface area contributed by atoms with Crippen LogP contribution in [-0.4, -0.2) is 39.4 Å². The molecule has 120 valence electrons. The molecular weight excluding hydrogens is 399 g/mol. The van der Waals surface area contributed by atoms with E-state index in [2.05, 4.69) is 22.6 Å². The lowest BCUT2D eigenvalue weighted by molar-refractivity contribution is -0.229. The maximum atomic E-state index is 10.1. The first-order chi connectivity index (χ1) is 10.4. The highest BCUT2D eigenvalue weighted by molar-refractivity contribution is 14.1. The molecule has 0 aromatic heterocycles. The van der Waals surface area contributed by atoms with Crippen LogP contribution in [0.25, 0.3) is 0 Å². The van der Waals surface area contributed by atoms with Crippen molar-refractivity contribution in [1.29, 1.82) is 0 Å². The third kappa shape index (κ3) is 2.45. The molecule has 4 rings (SSSR count). The van der Waals surface area contributed by atoms with Gasteiger partial charge in [0.1, 0.15) is 24.1 Å². The van der Waals surface area contributed by atoms with Crippen LogP contribution in [0.2, 0.25) is 0 Å². The summed E-state index contributed by atoms with van der Waals surface area (Å²) < 4.78 is 24.3. The third-order valence-electron chi connectivity index (χ3n) is 4.43. The summed E-state index contributed by atoms with van der Waals surface area (Å²) in [6, 6.07) is 7.34. The number of alkyl halides is 1. The summed E-state index contributed by atoms with van der Waals surface area (Å²) >= 11 is 2.40. The summed E-state index contributed by atoms with van der Waals surface area (Å²) in [7, 11) is 0. The molecule has 22 heavy (non-hydrogen) atoms. The molecule has 1 aromatic carbocycles. The summed E-state index contributed by atoms with van der Waals surface area (Å²) in [5.41, 5.74) is 0.823. The van der Waals surface area contributed by atoms with Crippen molar-refractivity contribution in [2.24, 2.45) is 0 Å². The van der Waals surface area contributed by atoms with Gasteiger partial charge in [0.15, 0.2) is 12.1 Å². The predicted octanol–water partition coefficient (Wildman–Crippen LogP) is 2.90. The minimum Gasteiger partial charge on any atom is -0.508 e. The molecule has 0 amide bonds. The molecule has 3 fully saturated rings. The standard InChI is InChI=1S/C16H19IO5/c1-16(2)21-14-13-12(20-15(14)22-16)9(17)7-11(19-13)8-5-3-4-6-10(8)18/h3-6,9,11-15,18H,7H2,1-2H3/t9-,11-,12-,13+,14-,15-/m1/s1. The summed E-state index contributed by atoms with van der Waals surface area (Å²) in [5.74, 6) is -0.374. The van der Waals surface area contributed by atoms with E-state index in [0.717, 1.165) is 12.0 Å². The summed E-state index contributed by atoms with van der Waals surface area (Å²) in [5, 5.41) is 10.1. The molecule has 6 atom stereocenters. The summed E-state index contributed by atoms with van der Waals surface area (Å²) in [4.78, 5) is 0. The molecule has 1 N–H and O–H groups in total. The molecule has 0 radical (unpaired) electrons. The van der Waals surface area contributed by atoms with E-state index in [9.17, 15) is 5.11 Å². The van der Waals surface area contributed by atoms with Crippen LogP contribution in [0.5, 0.6) is 5.75 Å². The van der Waals surface area contributed by atoms with Crippen LogP contribution in [0.4, 0.5) is 0 Å². The van der Waals surface area contributed by atoms with Crippen molar-refractivity contribution in [2.45, 2.75) is 60.7 Å². The van der Waals surface area contributed by atoms with E-state index < -0.39 is 5.79 Å². The number of rotatable bonds is 1. The van der Waals surface area contributed by atoms with E-state index in [4.69, 9.17) is 18.9 Å². The molecule has 3 aliphatic rings. The second-order valence-electron chi connectivity index (χ2n) is 6.47. The van der Waals surface area contributed by atoms with E-state index in [0.29, 0.717) is 0 Å². The van der Waals surface area contributed by atoms with Crippen molar-refractivity contribution in [3.05, 3.63) is 29.8 Å². The number of fused-ring (bicyclic) bond motifs is 3. The molecule has 3 heterocycles. The highest BCUT2D eigenvalue weighted by atomic mass is 127. The number of aromatic hydroxyl groups is 1. The van der Waals surface area contributed by atoms with Gasteiger partial charge in [0, 0.05) is 9.49 Å². The van der Waals surface area contributed by atoms with Crippen LogP contribution in [0, 0.1) is 0 Å². The van der Waals surface area contributed by atoms with Crippen molar-refractivity contribution in [1.82, 2.24) is 0 Å². The number of para-hydroxylation sites is 1. The Morgan fingerprint density at radius 3 is 2.64 bits per heavy atom. The highest BCUT2D eigenvalue weighted by Crippen LogP contribution is 2.48. The first-order valence-electron chi connectivity index (χ1n) is 7.53. The van der Waals surface area contributed by atoms with Crippen LogP contribution in [0.3, 0.4) is 0 Å². The first-order valence-corrected chi connectivity index (χ1v) is 8.78. The van der Waals surface area contributed by atoms with Gasteiger partial charge in [-0.2, -0.15) is 0 Å². The lowest BCUT2D eigenvalue weighted by atomic mass is 9.95. The Labute approximate surface area is 143 Å². The normalized spacial score (nSPS) is 42.9. The zero-order valence-corrected chi connectivity index (χ0v) is 14.6. The van der Waals surface area contributed by atoms with Gasteiger partial charge in [-0.15, -0.1) is 0 Å². The lowest BCUT2D eigenvalue weighted by Gasteiger charge is -2.37. The smallest absolute Gasteiger partial charge is 0.190 e. The second-order valence-corrected chi connectivity index (χ2v) is 8.07. The zero-order valence-electron chi connectivity index (χ0n) is 12.4. The molecule has 5 nitrogen and oxygen atoms in total. The average molecular weight is 418 g/mol. The van der Waals surface area contributed by atoms with E-state index in [1.54, 1.807) is 6.07 Å². The van der Waals surface area contributed by atoms with Crippen LogP contribution >= 0.6 is 22.6 Å². The fourth-order valence-corrected chi connectivity index (χ4v) is 4.53. The van der Waals surface area contributed by atoms with Crippen molar-refractivity contribution >= 4 is 22.6 Å². The zero-order chi connectivity index (χ0) is 15.5. The average Bonchev–Trinajstić information content (AvgIpc) is 2.92. The quantitative estimate of drug-likeness (QED) is 0.562. The molecule has 0 aliphatic carbocycles. The first kappa shape index (κ1) is 15.1. The topological polar surface area (TPSA) is 57.2 Å². The monoisotopic (exact) mass is 418 g/mol. The molecule has 3 saturated heterocycles. The fraction of sp³-hybridized carbons (Fsp3) is 0.625. The molecule has 1 aromatic rings. The van der Waals surface area contributed by atoms with Gasteiger partial charge in [0.05, 0.1) is 6.10 Å². The Hall–Kier alpha value is -0.410. The maximum absolute atomic E-state index is 10.1. The van der Waals surface area contributed by atoms with Gasteiger partial charge in [0.25, 0.3) is 0 Å². The largest absolute Gasteiger partial charge is 0.508 e. The van der Waals surface area contributed by atoms with E-state index >= 15 is 0 Å². The SMILES string of the molecule is CC1(C)O[C@H]2O[C@H]3[C@H](O[C@@H](c4ccccc4O)C[C@H]3I)[C@H]2O1. The van der Waals surface area contributed by atoms with Crippen molar-refractivity contribution in [3.8, 4) is 5.75 Å². The Morgan fingerprint density at radius 1 is 1.09 bits per heavy atom. The fourth-order valence-electron chi connectivity index (χ4n) is 3.49. The Bertz CT molecular complexity index is 577. The summed E-state index contributed by atoms with van der Waals surface area (Å²) in [6.07, 6.45) is -0.154. The van der Waals surface area contributed by atoms with Gasteiger partial charge in [-0.05, 0) is 26.3 Å². The molecule has 6 heteroatoms. The van der Waals surface area contributed by atoms with E-state index in [1.807, 2.05) is 32.0 Å². The maximum Gasteiger partial charge on any atom is 0.190 e. The van der Waals surface area contributed by atoms with Gasteiger partial charge >= 0.3 is 0 Å². The number of phenolic OH excluding ortho intramolecular Hbond substituents is 1. The highest BCUT2D eigenvalue weighted by Gasteiger charge is 2.59. The van der Waals surface area contributed by atoms with Gasteiger partial charge in [-0.25, -0.2) is 0 Å². The number of hydrogen-bond donors (Lipinski definition) is 1. The predicted molar refractivity (Wildman–Crippen MR) is 86.8 cm³/mol. The number of hydrogen-bond acceptors (Lipinski definition) is 5. The van der Waals surface area contributed by atoms with Gasteiger partial charge in [-0.1, -0.05) is 40.8 Å². The number of ether oxygens (including phenoxy) is 4. The van der Waals surface area contributed by atoms with E-state index in [1.165, 1.54) is 0 Å². The van der Waals surface area contributed by atoms with Crippen molar-refractivity contribution in [3.63, 3.8) is 0 Å². The van der Waals surface area contributed by atoms with Gasteiger partial charge in [-0.3, -0.25) is 0 Å². The van der Waals surface area contributed by atoms with E-state index in [-0.39, 0.29) is 40.4 Å². The number of benzene rings is 1. The Kier molecular flexibility index (Phi) is 3.65. The molecule has 3 aliphatic heterocycles. The molecule has 0 saturated carbocycles. The lowest BCUT2D eigenvalue weighted by Crippen LogP contribution is -2.45. The second kappa shape index (κ2) is 5.31. The number of phenols is 1. The number of halogens is 1. The van der Waals surface area contributed by atoms with Crippen LogP contribution < -0.4 is 0 Å². The van der Waals surface area contributed by atoms with Gasteiger partial charge < -0.3 is 24.1 Å². The molecule has 0 spiro atoms. The third-order valence-corrected chi connectivity index (χ3v) is 5.65. The van der Waals surface area contributed by atoms with Crippen LogP contribution in [0.1, 0.15) is 31.9 Å². The Balaban J connectivity index is 1.59. The van der Waals surface area contributed by atoms with Crippen molar-refractivity contribution in [2.75, 3.05) is 0 Å². The molecular formula is C16H19IO5. The minimum atomic E-state index is -0.647. The molecule has 0 unspecified atom stereocenters. The van der Waals surface area contributed by atoms with Crippen LogP contribution in [-0.2, 0) is 18.9 Å². The molecule has 0 bridgehead atoms. The minimum absolute atomic E-state index is 0.0335. The van der Waals surface area contributed by atoms with Gasteiger partial charge in [0.2, 0.25) is 0 Å². The summed E-state index contributed by atoms with van der Waals surface area (Å²) in [6.45, 7) is 3.77. The van der Waals surface area contributed by atoms with Crippen LogP contribution in [0.15, 0.2) is 24.3 Å². The Morgan fingerprint density at radius 2 is 1.86 bits per heavy atom. The van der Waals surface area contributed by atoms with Crippen molar-refractivity contribution < 1.29 is 24.1 Å².